The van der Waals surface area contributed by atoms with Crippen molar-refractivity contribution < 1.29 is 0 Å². The van der Waals surface area contributed by atoms with Gasteiger partial charge in [0.1, 0.15) is 0 Å². The first-order valence-electron chi connectivity index (χ1n) is 6.75. The van der Waals surface area contributed by atoms with Crippen LogP contribution in [0, 0.1) is 6.92 Å². The molecule has 1 aromatic carbocycles. The smallest absolute Gasteiger partial charge is 0.193 e. The lowest BCUT2D eigenvalue weighted by atomic mass is 10.1. The van der Waals surface area contributed by atoms with Crippen LogP contribution in [0.15, 0.2) is 41.9 Å². The maximum absolute atomic E-state index is 4.30. The van der Waals surface area contributed by atoms with Gasteiger partial charge >= 0.3 is 0 Å². The van der Waals surface area contributed by atoms with Crippen molar-refractivity contribution in [3.8, 4) is 0 Å². The number of allylic oxidation sites excluding steroid dienone is 1. The van der Waals surface area contributed by atoms with E-state index in [1.54, 1.807) is 0 Å². The van der Waals surface area contributed by atoms with Crippen molar-refractivity contribution in [2.24, 2.45) is 4.99 Å². The Morgan fingerprint density at radius 3 is 2.63 bits per heavy atom. The molecule has 0 unspecified atom stereocenters. The highest BCUT2D eigenvalue weighted by molar-refractivity contribution is 5.79. The lowest BCUT2D eigenvalue weighted by Crippen LogP contribution is -2.38. The van der Waals surface area contributed by atoms with Gasteiger partial charge in [-0.3, -0.25) is 4.99 Å². The number of hydrogen-bond acceptors (Lipinski definition) is 1. The summed E-state index contributed by atoms with van der Waals surface area (Å²) in [6.07, 6.45) is 4.10. The molecule has 0 radical (unpaired) electrons. The second-order valence-corrected chi connectivity index (χ2v) is 4.74. The fourth-order valence-electron chi connectivity index (χ4n) is 1.85. The largest absolute Gasteiger partial charge is 0.352 e. The molecule has 3 nitrogen and oxygen atoms in total. The number of aliphatic imine (C=N–C) groups is 1. The van der Waals surface area contributed by atoms with Crippen molar-refractivity contribution in [3.05, 3.63) is 48.0 Å². The van der Waals surface area contributed by atoms with Crippen LogP contribution in [0.3, 0.4) is 0 Å². The van der Waals surface area contributed by atoms with Crippen molar-refractivity contribution in [3.63, 3.8) is 0 Å². The number of benzene rings is 1. The Kier molecular flexibility index (Phi) is 6.72. The van der Waals surface area contributed by atoms with Crippen LogP contribution in [-0.2, 0) is 6.54 Å². The van der Waals surface area contributed by atoms with E-state index < -0.39 is 0 Å². The molecule has 0 fully saturated rings. The van der Waals surface area contributed by atoms with E-state index in [1.165, 1.54) is 11.1 Å². The molecular weight excluding hydrogens is 234 g/mol. The van der Waals surface area contributed by atoms with Crippen molar-refractivity contribution in [2.75, 3.05) is 20.6 Å². The predicted molar refractivity (Wildman–Crippen MR) is 83.4 cm³/mol. The number of nitrogens with zero attached hydrogens (tertiary/aromatic N) is 2. The molecule has 1 aromatic rings. The van der Waals surface area contributed by atoms with E-state index in [0.29, 0.717) is 0 Å². The molecule has 0 saturated carbocycles. The van der Waals surface area contributed by atoms with E-state index in [4.69, 9.17) is 0 Å². The molecule has 0 aliphatic carbocycles. The molecule has 0 heterocycles. The number of unbranched alkanes of at least 4 members (excludes halogenated alkanes) is 1. The SMILES string of the molecule is C=CCCCN(C)C(=NC)NCc1ccc(C)cc1. The molecule has 1 rings (SSSR count). The fraction of sp³-hybridized carbons (Fsp3) is 0.438. The van der Waals surface area contributed by atoms with Crippen LogP contribution in [0.25, 0.3) is 0 Å². The third kappa shape index (κ3) is 5.60. The molecular formula is C16H25N3. The Morgan fingerprint density at radius 1 is 1.37 bits per heavy atom. The van der Waals surface area contributed by atoms with Gasteiger partial charge in [-0.1, -0.05) is 35.9 Å². The van der Waals surface area contributed by atoms with Crippen LogP contribution >= 0.6 is 0 Å². The second kappa shape index (κ2) is 8.35. The molecule has 0 aromatic heterocycles. The third-order valence-electron chi connectivity index (χ3n) is 3.05. The predicted octanol–water partition coefficient (Wildman–Crippen LogP) is 2.97. The van der Waals surface area contributed by atoms with Gasteiger partial charge in [-0.05, 0) is 25.3 Å². The zero-order chi connectivity index (χ0) is 14.1. The van der Waals surface area contributed by atoms with Gasteiger partial charge in [0.25, 0.3) is 0 Å². The standard InChI is InChI=1S/C16H25N3/c1-5-6-7-12-19(4)16(17-3)18-13-15-10-8-14(2)9-11-15/h5,8-11H,1,6-7,12-13H2,2-4H3,(H,17,18). The summed E-state index contributed by atoms with van der Waals surface area (Å²) < 4.78 is 0. The first-order chi connectivity index (χ1) is 9.17. The van der Waals surface area contributed by atoms with Gasteiger partial charge in [0.2, 0.25) is 0 Å². The Bertz CT molecular complexity index is 407. The number of guanidine groups is 1. The van der Waals surface area contributed by atoms with Gasteiger partial charge in [0, 0.05) is 27.2 Å². The van der Waals surface area contributed by atoms with Gasteiger partial charge in [-0.2, -0.15) is 0 Å². The molecule has 0 atom stereocenters. The fourth-order valence-corrected chi connectivity index (χ4v) is 1.85. The van der Waals surface area contributed by atoms with Crippen molar-refractivity contribution in [1.29, 1.82) is 0 Å². The van der Waals surface area contributed by atoms with Crippen LogP contribution in [0.2, 0.25) is 0 Å². The van der Waals surface area contributed by atoms with Gasteiger partial charge in [0.05, 0.1) is 0 Å². The highest BCUT2D eigenvalue weighted by Gasteiger charge is 2.04. The first kappa shape index (κ1) is 15.3. The van der Waals surface area contributed by atoms with Crippen LogP contribution in [-0.4, -0.2) is 31.5 Å². The highest BCUT2D eigenvalue weighted by atomic mass is 15.3. The summed E-state index contributed by atoms with van der Waals surface area (Å²) in [7, 11) is 3.88. The highest BCUT2D eigenvalue weighted by Crippen LogP contribution is 2.03. The first-order valence-corrected chi connectivity index (χ1v) is 6.75. The number of nitrogens with one attached hydrogen (secondary N) is 1. The molecule has 0 spiro atoms. The van der Waals surface area contributed by atoms with E-state index in [0.717, 1.165) is 31.9 Å². The molecule has 0 aliphatic heterocycles. The van der Waals surface area contributed by atoms with E-state index in [1.807, 2.05) is 13.1 Å². The summed E-state index contributed by atoms with van der Waals surface area (Å²) >= 11 is 0. The van der Waals surface area contributed by atoms with Crippen LogP contribution in [0.1, 0.15) is 24.0 Å². The summed E-state index contributed by atoms with van der Waals surface area (Å²) in [5, 5.41) is 3.38. The average molecular weight is 259 g/mol. The minimum atomic E-state index is 0.804. The molecule has 0 saturated heterocycles. The molecule has 3 heteroatoms. The lowest BCUT2D eigenvalue weighted by Gasteiger charge is -2.21. The molecule has 0 amide bonds. The topological polar surface area (TPSA) is 27.6 Å². The quantitative estimate of drug-likeness (QED) is 0.368. The summed E-state index contributed by atoms with van der Waals surface area (Å²) in [6.45, 7) is 7.63. The van der Waals surface area contributed by atoms with Crippen molar-refractivity contribution in [1.82, 2.24) is 10.2 Å². The van der Waals surface area contributed by atoms with Crippen LogP contribution in [0.4, 0.5) is 0 Å². The van der Waals surface area contributed by atoms with Gasteiger partial charge < -0.3 is 10.2 Å². The van der Waals surface area contributed by atoms with E-state index in [-0.39, 0.29) is 0 Å². The maximum Gasteiger partial charge on any atom is 0.193 e. The number of rotatable bonds is 6. The number of hydrogen-bond donors (Lipinski definition) is 1. The van der Waals surface area contributed by atoms with Gasteiger partial charge in [-0.15, -0.1) is 6.58 Å². The zero-order valence-corrected chi connectivity index (χ0v) is 12.3. The summed E-state index contributed by atoms with van der Waals surface area (Å²) in [6, 6.07) is 8.56. The lowest BCUT2D eigenvalue weighted by molar-refractivity contribution is 0.470. The van der Waals surface area contributed by atoms with Crippen LogP contribution in [0.5, 0.6) is 0 Å². The Balaban J connectivity index is 2.44. The Hall–Kier alpha value is -1.77. The van der Waals surface area contributed by atoms with E-state index >= 15 is 0 Å². The molecule has 0 bridgehead atoms. The van der Waals surface area contributed by atoms with Gasteiger partial charge in [-0.25, -0.2) is 0 Å². The molecule has 0 aliphatic rings. The zero-order valence-electron chi connectivity index (χ0n) is 12.3. The van der Waals surface area contributed by atoms with Crippen molar-refractivity contribution in [2.45, 2.75) is 26.3 Å². The monoisotopic (exact) mass is 259 g/mol. The second-order valence-electron chi connectivity index (χ2n) is 4.74. The minimum Gasteiger partial charge on any atom is -0.352 e. The maximum atomic E-state index is 4.30. The van der Waals surface area contributed by atoms with Crippen LogP contribution < -0.4 is 5.32 Å². The third-order valence-corrected chi connectivity index (χ3v) is 3.05. The molecule has 1 N–H and O–H groups in total. The minimum absolute atomic E-state index is 0.804. The normalized spacial score (nSPS) is 11.2. The summed E-state index contributed by atoms with van der Waals surface area (Å²) in [5.41, 5.74) is 2.56. The van der Waals surface area contributed by atoms with Crippen molar-refractivity contribution >= 4 is 5.96 Å². The summed E-state index contributed by atoms with van der Waals surface area (Å²) in [5.74, 6) is 0.935. The van der Waals surface area contributed by atoms with Gasteiger partial charge in [0.15, 0.2) is 5.96 Å². The van der Waals surface area contributed by atoms with E-state index in [2.05, 4.69) is 60.0 Å². The Labute approximate surface area is 117 Å². The van der Waals surface area contributed by atoms with E-state index in [9.17, 15) is 0 Å². The molecule has 104 valence electrons. The molecule has 19 heavy (non-hydrogen) atoms. The average Bonchev–Trinajstić information content (AvgIpc) is 2.42. The summed E-state index contributed by atoms with van der Waals surface area (Å²) in [4.78, 5) is 6.46. The Morgan fingerprint density at radius 2 is 2.05 bits per heavy atom. The number of aryl methyl sites for hydroxylation is 1.